The van der Waals surface area contributed by atoms with E-state index < -0.39 is 12.2 Å². The summed E-state index contributed by atoms with van der Waals surface area (Å²) >= 11 is 0. The minimum atomic E-state index is -0.473. The molecule has 0 saturated heterocycles. The van der Waals surface area contributed by atoms with Gasteiger partial charge in [-0.15, -0.1) is 0 Å². The van der Waals surface area contributed by atoms with Gasteiger partial charge in [0.2, 0.25) is 0 Å². The molecule has 0 aliphatic rings. The molecule has 0 aliphatic heterocycles. The molecular formula is C36H42O6. The minimum Gasteiger partial charge on any atom is -0.490 e. The molecule has 0 fully saturated rings. The Morgan fingerprint density at radius 3 is 1.02 bits per heavy atom. The summed E-state index contributed by atoms with van der Waals surface area (Å²) in [6, 6.07) is 32.6. The van der Waals surface area contributed by atoms with Gasteiger partial charge in [0.1, 0.15) is 24.7 Å². The van der Waals surface area contributed by atoms with Crippen molar-refractivity contribution < 1.29 is 29.2 Å². The van der Waals surface area contributed by atoms with Gasteiger partial charge in [-0.3, -0.25) is 0 Å². The molecule has 2 N–H and O–H groups in total. The van der Waals surface area contributed by atoms with Crippen LogP contribution in [0.1, 0.15) is 51.0 Å². The fourth-order valence-corrected chi connectivity index (χ4v) is 4.46. The van der Waals surface area contributed by atoms with E-state index in [1.165, 1.54) is 0 Å². The largest absolute Gasteiger partial charge is 0.490 e. The van der Waals surface area contributed by atoms with Crippen molar-refractivity contribution in [3.63, 3.8) is 0 Å². The molecule has 4 aromatic carbocycles. The summed E-state index contributed by atoms with van der Waals surface area (Å²) in [5, 5.41) is 18.8. The highest BCUT2D eigenvalue weighted by Gasteiger charge is 2.09. The van der Waals surface area contributed by atoms with Gasteiger partial charge < -0.3 is 29.2 Å². The molecule has 0 aliphatic carbocycles. The van der Waals surface area contributed by atoms with E-state index in [2.05, 4.69) is 48.5 Å². The van der Waals surface area contributed by atoms with Gasteiger partial charge in [-0.2, -0.15) is 0 Å². The highest BCUT2D eigenvalue weighted by Crippen LogP contribution is 2.27. The van der Waals surface area contributed by atoms with Gasteiger partial charge in [-0.25, -0.2) is 0 Å². The number of aliphatic hydroxyl groups excluding tert-OH is 2. The predicted octanol–water partition coefficient (Wildman–Crippen LogP) is 7.40. The SMILES string of the molecule is CC(O)COC(C)c1ccc(-c2ccc(OCCOc3ccc(-c4ccc(C(C)OCC(C)O)cc4)cc3)cc2)cc1. The lowest BCUT2D eigenvalue weighted by Crippen LogP contribution is -2.12. The molecule has 4 atom stereocenters. The first kappa shape index (κ1) is 31.3. The fourth-order valence-electron chi connectivity index (χ4n) is 4.46. The van der Waals surface area contributed by atoms with Gasteiger partial charge in [0.25, 0.3) is 0 Å². The fraction of sp³-hybridized carbons (Fsp3) is 0.333. The monoisotopic (exact) mass is 570 g/mol. The van der Waals surface area contributed by atoms with Gasteiger partial charge in [-0.1, -0.05) is 72.8 Å². The summed E-state index contributed by atoms with van der Waals surface area (Å²) in [6.07, 6.45) is -1.08. The highest BCUT2D eigenvalue weighted by molar-refractivity contribution is 5.65. The molecule has 0 spiro atoms. The first-order chi connectivity index (χ1) is 20.3. The van der Waals surface area contributed by atoms with Crippen LogP contribution in [0.25, 0.3) is 22.3 Å². The zero-order valence-electron chi connectivity index (χ0n) is 24.9. The Balaban J connectivity index is 1.20. The summed E-state index contributed by atoms with van der Waals surface area (Å²) in [4.78, 5) is 0. The molecule has 42 heavy (non-hydrogen) atoms. The van der Waals surface area contributed by atoms with Gasteiger partial charge >= 0.3 is 0 Å². The van der Waals surface area contributed by atoms with Crippen molar-refractivity contribution in [2.75, 3.05) is 26.4 Å². The molecule has 0 aromatic heterocycles. The average Bonchev–Trinajstić information content (AvgIpc) is 3.01. The second-order valence-corrected chi connectivity index (χ2v) is 10.6. The smallest absolute Gasteiger partial charge is 0.122 e. The maximum absolute atomic E-state index is 9.42. The Kier molecular flexibility index (Phi) is 11.6. The minimum absolute atomic E-state index is 0.0698. The van der Waals surface area contributed by atoms with Gasteiger partial charge in [0.15, 0.2) is 0 Å². The van der Waals surface area contributed by atoms with Crippen molar-refractivity contribution in [1.82, 2.24) is 0 Å². The van der Waals surface area contributed by atoms with Crippen molar-refractivity contribution in [2.24, 2.45) is 0 Å². The Morgan fingerprint density at radius 2 is 0.738 bits per heavy atom. The van der Waals surface area contributed by atoms with E-state index in [1.807, 2.05) is 62.4 Å². The van der Waals surface area contributed by atoms with E-state index in [0.717, 1.165) is 44.9 Å². The molecule has 6 heteroatoms. The van der Waals surface area contributed by atoms with Crippen molar-refractivity contribution in [2.45, 2.75) is 52.1 Å². The molecule has 222 valence electrons. The Hall–Kier alpha value is -3.68. The van der Waals surface area contributed by atoms with Crippen LogP contribution in [-0.4, -0.2) is 48.8 Å². The van der Waals surface area contributed by atoms with E-state index in [9.17, 15) is 10.2 Å². The molecule has 4 aromatic rings. The lowest BCUT2D eigenvalue weighted by atomic mass is 10.0. The van der Waals surface area contributed by atoms with Crippen LogP contribution in [0.3, 0.4) is 0 Å². The lowest BCUT2D eigenvalue weighted by molar-refractivity contribution is 0.00449. The number of hydrogen-bond donors (Lipinski definition) is 2. The molecule has 0 saturated carbocycles. The topological polar surface area (TPSA) is 77.4 Å². The molecular weight excluding hydrogens is 528 g/mol. The first-order valence-electron chi connectivity index (χ1n) is 14.5. The number of benzene rings is 4. The highest BCUT2D eigenvalue weighted by atomic mass is 16.5. The number of ether oxygens (including phenoxy) is 4. The second kappa shape index (κ2) is 15.5. The summed E-state index contributed by atoms with van der Waals surface area (Å²) in [5.41, 5.74) is 6.61. The van der Waals surface area contributed by atoms with Crippen LogP contribution in [0.5, 0.6) is 11.5 Å². The summed E-state index contributed by atoms with van der Waals surface area (Å²) in [5.74, 6) is 1.59. The molecule has 4 rings (SSSR count). The summed E-state index contributed by atoms with van der Waals surface area (Å²) in [7, 11) is 0. The Bertz CT molecular complexity index is 1220. The maximum Gasteiger partial charge on any atom is 0.122 e. The first-order valence-corrected chi connectivity index (χ1v) is 14.5. The Labute approximate surface area is 249 Å². The third-order valence-corrected chi connectivity index (χ3v) is 6.93. The van der Waals surface area contributed by atoms with Gasteiger partial charge in [-0.05, 0) is 85.3 Å². The normalized spacial score (nSPS) is 14.1. The zero-order chi connectivity index (χ0) is 29.9. The van der Waals surface area contributed by atoms with Gasteiger partial charge in [0, 0.05) is 0 Å². The number of aliphatic hydroxyl groups is 2. The quantitative estimate of drug-likeness (QED) is 0.145. The summed E-state index contributed by atoms with van der Waals surface area (Å²) < 4.78 is 23.1. The molecule has 0 amide bonds. The van der Waals surface area contributed by atoms with E-state index >= 15 is 0 Å². The molecule has 0 radical (unpaired) electrons. The van der Waals surface area contributed by atoms with Crippen LogP contribution < -0.4 is 9.47 Å². The van der Waals surface area contributed by atoms with Crippen LogP contribution in [-0.2, 0) is 9.47 Å². The third-order valence-electron chi connectivity index (χ3n) is 6.93. The molecule has 0 bridgehead atoms. The maximum atomic E-state index is 9.42. The average molecular weight is 571 g/mol. The summed E-state index contributed by atoms with van der Waals surface area (Å²) in [6.45, 7) is 8.94. The molecule has 6 nitrogen and oxygen atoms in total. The van der Waals surface area contributed by atoms with Crippen LogP contribution in [0, 0.1) is 0 Å². The van der Waals surface area contributed by atoms with E-state index in [1.54, 1.807) is 13.8 Å². The van der Waals surface area contributed by atoms with E-state index in [-0.39, 0.29) is 12.2 Å². The molecule has 0 heterocycles. The number of hydrogen-bond acceptors (Lipinski definition) is 6. The number of rotatable bonds is 15. The second-order valence-electron chi connectivity index (χ2n) is 10.6. The van der Waals surface area contributed by atoms with E-state index in [4.69, 9.17) is 18.9 Å². The molecule has 4 unspecified atom stereocenters. The Morgan fingerprint density at radius 1 is 0.452 bits per heavy atom. The van der Waals surface area contributed by atoms with Crippen molar-refractivity contribution >= 4 is 0 Å². The van der Waals surface area contributed by atoms with Crippen LogP contribution in [0.2, 0.25) is 0 Å². The zero-order valence-corrected chi connectivity index (χ0v) is 24.9. The lowest BCUT2D eigenvalue weighted by Gasteiger charge is -2.15. The van der Waals surface area contributed by atoms with Gasteiger partial charge in [0.05, 0.1) is 37.6 Å². The predicted molar refractivity (Wildman–Crippen MR) is 167 cm³/mol. The standard InChI is InChI=1S/C36H42O6/c1-25(37)23-41-27(3)29-5-9-31(10-6-29)33-13-17-35(18-14-33)39-21-22-40-36-19-15-34(16-20-36)32-11-7-30(8-12-32)28(4)42-24-26(2)38/h5-20,25-28,37-38H,21-24H2,1-4H3. The third kappa shape index (κ3) is 9.43. The van der Waals surface area contributed by atoms with Crippen molar-refractivity contribution in [1.29, 1.82) is 0 Å². The van der Waals surface area contributed by atoms with E-state index in [0.29, 0.717) is 26.4 Å². The van der Waals surface area contributed by atoms with Crippen molar-refractivity contribution in [3.05, 3.63) is 108 Å². The van der Waals surface area contributed by atoms with Crippen LogP contribution >= 0.6 is 0 Å². The van der Waals surface area contributed by atoms with Crippen LogP contribution in [0.15, 0.2) is 97.1 Å². The van der Waals surface area contributed by atoms with Crippen LogP contribution in [0.4, 0.5) is 0 Å². The van der Waals surface area contributed by atoms with Crippen molar-refractivity contribution in [3.8, 4) is 33.8 Å².